The van der Waals surface area contributed by atoms with Gasteiger partial charge in [0.25, 0.3) is 0 Å². The van der Waals surface area contributed by atoms with Crippen LogP contribution in [0.1, 0.15) is 175 Å². The normalized spacial score (nSPS) is 13.4. The first-order valence-electron chi connectivity index (χ1n) is 22.4. The van der Waals surface area contributed by atoms with E-state index in [1.165, 1.54) is 89.9 Å². The molecule has 0 heterocycles. The number of likely N-dealkylation sites (N-methyl/N-ethyl adjacent to an activating group) is 2. The van der Waals surface area contributed by atoms with Gasteiger partial charge in [-0.15, -0.1) is 0 Å². The average molecular weight is 758 g/mol. The lowest BCUT2D eigenvalue weighted by molar-refractivity contribution is -0.893. The van der Waals surface area contributed by atoms with Gasteiger partial charge in [0.1, 0.15) is 25.3 Å². The predicted molar refractivity (Wildman–Crippen MR) is 222 cm³/mol. The van der Waals surface area contributed by atoms with Gasteiger partial charge in [0, 0.05) is 38.8 Å². The highest BCUT2D eigenvalue weighted by Gasteiger charge is 2.26. The van der Waals surface area contributed by atoms with Gasteiger partial charge in [0.2, 0.25) is 0 Å². The van der Waals surface area contributed by atoms with Crippen molar-refractivity contribution in [3.8, 4) is 0 Å². The van der Waals surface area contributed by atoms with Crippen LogP contribution in [0, 0.1) is 0 Å². The number of quaternary nitrogens is 2. The van der Waals surface area contributed by atoms with Crippen molar-refractivity contribution in [2.75, 3.05) is 87.2 Å². The van der Waals surface area contributed by atoms with Crippen LogP contribution in [0.5, 0.6) is 0 Å². The lowest BCUT2D eigenvalue weighted by Gasteiger charge is -2.36. The molecular weight excluding hydrogens is 666 g/mol. The number of aliphatic hydroxyl groups excluding tert-OH is 2. The van der Waals surface area contributed by atoms with Crippen LogP contribution in [0.25, 0.3) is 0 Å². The van der Waals surface area contributed by atoms with Crippen LogP contribution in [0.2, 0.25) is 0 Å². The molecule has 0 amide bonds. The average Bonchev–Trinajstić information content (AvgIpc) is 3.09. The Bertz CT molecular complexity index is 791. The van der Waals surface area contributed by atoms with Crippen LogP contribution in [-0.2, 0) is 19.1 Å². The first-order chi connectivity index (χ1) is 25.3. The first kappa shape index (κ1) is 51.7. The maximum absolute atomic E-state index is 12.2. The molecule has 0 aromatic heterocycles. The Labute approximate surface area is 328 Å². The van der Waals surface area contributed by atoms with Crippen molar-refractivity contribution < 1.29 is 38.2 Å². The Morgan fingerprint density at radius 3 is 1.15 bits per heavy atom. The maximum atomic E-state index is 12.2. The number of nitrogens with zero attached hydrogens (tertiary/aromatic N) is 3. The third kappa shape index (κ3) is 34.9. The van der Waals surface area contributed by atoms with Gasteiger partial charge in [-0.05, 0) is 25.8 Å². The third-order valence-electron chi connectivity index (χ3n) is 10.5. The van der Waals surface area contributed by atoms with Crippen molar-refractivity contribution in [3.05, 3.63) is 0 Å². The zero-order valence-corrected chi connectivity index (χ0v) is 36.4. The molecule has 0 rings (SSSR count). The van der Waals surface area contributed by atoms with Gasteiger partial charge in [-0.1, -0.05) is 130 Å². The van der Waals surface area contributed by atoms with Crippen LogP contribution < -0.4 is 0 Å². The number of ether oxygens (including phenoxy) is 2. The number of carbonyl (C=O) groups is 2. The fourth-order valence-electron chi connectivity index (χ4n) is 7.34. The highest BCUT2D eigenvalue weighted by Crippen LogP contribution is 2.13. The van der Waals surface area contributed by atoms with Gasteiger partial charge in [-0.25, -0.2) is 0 Å². The van der Waals surface area contributed by atoms with Gasteiger partial charge in [-0.3, -0.25) is 14.5 Å². The summed E-state index contributed by atoms with van der Waals surface area (Å²) in [5.41, 5.74) is 0. The van der Waals surface area contributed by atoms with Gasteiger partial charge in [0.15, 0.2) is 0 Å². The van der Waals surface area contributed by atoms with E-state index in [0.29, 0.717) is 61.2 Å². The van der Waals surface area contributed by atoms with Gasteiger partial charge in [-0.2, -0.15) is 0 Å². The smallest absolute Gasteiger partial charge is 0.305 e. The van der Waals surface area contributed by atoms with Crippen LogP contribution in [0.4, 0.5) is 0 Å². The molecule has 0 radical (unpaired) electrons. The van der Waals surface area contributed by atoms with Crippen LogP contribution in [0.3, 0.4) is 0 Å². The lowest BCUT2D eigenvalue weighted by atomic mass is 10.1. The number of hydrogen-bond acceptors (Lipinski definition) is 7. The van der Waals surface area contributed by atoms with E-state index in [4.69, 9.17) is 9.47 Å². The largest absolute Gasteiger partial charge is 0.465 e. The zero-order chi connectivity index (χ0) is 39.6. The van der Waals surface area contributed by atoms with E-state index in [2.05, 4.69) is 53.9 Å². The van der Waals surface area contributed by atoms with Crippen molar-refractivity contribution >= 4 is 11.9 Å². The Balaban J connectivity index is 4.31. The van der Waals surface area contributed by atoms with Crippen molar-refractivity contribution in [2.45, 2.75) is 187 Å². The zero-order valence-electron chi connectivity index (χ0n) is 36.4. The summed E-state index contributed by atoms with van der Waals surface area (Å²) in [5.74, 6) is -0.179. The van der Waals surface area contributed by atoms with E-state index < -0.39 is 12.2 Å². The highest BCUT2D eigenvalue weighted by molar-refractivity contribution is 5.69. The molecule has 0 aromatic carbocycles. The summed E-state index contributed by atoms with van der Waals surface area (Å²) in [6.07, 6.45) is 25.8. The topological polar surface area (TPSA) is 96.3 Å². The Hall–Kier alpha value is -1.26. The number of aliphatic hydroxyl groups is 2. The summed E-state index contributed by atoms with van der Waals surface area (Å²) in [6.45, 7) is 12.2. The van der Waals surface area contributed by atoms with E-state index in [1.807, 2.05) is 0 Å². The van der Waals surface area contributed by atoms with E-state index in [9.17, 15) is 19.8 Å². The fourth-order valence-corrected chi connectivity index (χ4v) is 7.34. The van der Waals surface area contributed by atoms with E-state index in [1.54, 1.807) is 0 Å². The molecule has 0 fully saturated rings. The Morgan fingerprint density at radius 2 is 0.811 bits per heavy atom. The summed E-state index contributed by atoms with van der Waals surface area (Å²) >= 11 is 0. The quantitative estimate of drug-likeness (QED) is 0.0368. The molecule has 2 atom stereocenters. The molecule has 316 valence electrons. The molecule has 0 aromatic rings. The molecule has 0 saturated heterocycles. The van der Waals surface area contributed by atoms with E-state index in [-0.39, 0.29) is 11.9 Å². The molecule has 53 heavy (non-hydrogen) atoms. The molecule has 0 aliphatic heterocycles. The monoisotopic (exact) mass is 758 g/mol. The van der Waals surface area contributed by atoms with Crippen molar-refractivity contribution in [1.82, 2.24) is 4.90 Å². The number of esters is 2. The van der Waals surface area contributed by atoms with E-state index in [0.717, 1.165) is 71.0 Å². The van der Waals surface area contributed by atoms with Gasteiger partial charge >= 0.3 is 11.9 Å². The highest BCUT2D eigenvalue weighted by atomic mass is 16.5. The summed E-state index contributed by atoms with van der Waals surface area (Å²) in [7, 11) is 8.47. The predicted octanol–water partition coefficient (Wildman–Crippen LogP) is 8.67. The molecule has 0 saturated carbocycles. The fraction of sp³-hybridized carbons (Fsp3) is 0.955. The van der Waals surface area contributed by atoms with E-state index >= 15 is 0 Å². The Morgan fingerprint density at radius 1 is 0.491 bits per heavy atom. The molecular formula is C44H91N3O6+2. The third-order valence-corrected chi connectivity index (χ3v) is 10.5. The molecule has 0 bridgehead atoms. The first-order valence-corrected chi connectivity index (χ1v) is 22.4. The standard InChI is InChI=1S/C44H91N3O6/c1-8-11-14-16-18-20-22-24-26-30-43(50)52-35-28-33-46(4,5)39-41(48)37-45(32-13-10-3)38-42(49)40-47(6,7)34-29-36-53-44(51)31-27-25-23-21-19-17-15-12-9-2/h41-42,48-49H,8-40H2,1-7H3/q+2. The molecule has 2 unspecified atom stereocenters. The molecule has 0 aliphatic carbocycles. The minimum Gasteiger partial charge on any atom is -0.465 e. The minimum atomic E-state index is -0.518. The molecule has 9 heteroatoms. The van der Waals surface area contributed by atoms with Crippen molar-refractivity contribution in [1.29, 1.82) is 0 Å². The summed E-state index contributed by atoms with van der Waals surface area (Å²) in [4.78, 5) is 26.6. The van der Waals surface area contributed by atoms with Crippen molar-refractivity contribution in [2.24, 2.45) is 0 Å². The maximum Gasteiger partial charge on any atom is 0.305 e. The second-order valence-corrected chi connectivity index (χ2v) is 17.4. The van der Waals surface area contributed by atoms with Crippen LogP contribution >= 0.6 is 0 Å². The molecule has 9 nitrogen and oxygen atoms in total. The van der Waals surface area contributed by atoms with Gasteiger partial charge in [0.05, 0.1) is 54.5 Å². The minimum absolute atomic E-state index is 0.0896. The molecule has 0 aliphatic rings. The SMILES string of the molecule is CCCCCCCCCCCC(=O)OCCC[N+](C)(C)CC(O)CN(CCCC)CC(O)C[N+](C)(C)CCCOC(=O)CCCCCCCCCCC. The second-order valence-electron chi connectivity index (χ2n) is 17.4. The number of rotatable bonds is 39. The van der Waals surface area contributed by atoms with Crippen LogP contribution in [-0.4, -0.2) is 135 Å². The number of carbonyl (C=O) groups excluding carboxylic acids is 2. The van der Waals surface area contributed by atoms with Crippen LogP contribution in [0.15, 0.2) is 0 Å². The number of unbranched alkanes of at least 4 members (excludes halogenated alkanes) is 17. The summed E-state index contributed by atoms with van der Waals surface area (Å²) in [6, 6.07) is 0. The molecule has 2 N–H and O–H groups in total. The summed E-state index contributed by atoms with van der Waals surface area (Å²) < 4.78 is 12.3. The lowest BCUT2D eigenvalue weighted by Crippen LogP contribution is -2.52. The van der Waals surface area contributed by atoms with Crippen molar-refractivity contribution in [3.63, 3.8) is 0 Å². The Kier molecular flexibility index (Phi) is 33.2. The molecule has 0 spiro atoms. The summed E-state index contributed by atoms with van der Waals surface area (Å²) in [5, 5.41) is 22.2. The number of hydrogen-bond donors (Lipinski definition) is 2. The van der Waals surface area contributed by atoms with Gasteiger partial charge < -0.3 is 28.7 Å². The second kappa shape index (κ2) is 34.0.